The fourth-order valence-corrected chi connectivity index (χ4v) is 2.11. The number of nitrogens with zero attached hydrogens (tertiary/aromatic N) is 1. The van der Waals surface area contributed by atoms with Gasteiger partial charge >= 0.3 is 0 Å². The van der Waals surface area contributed by atoms with Crippen molar-refractivity contribution in [2.24, 2.45) is 5.73 Å². The molecule has 1 amide bonds. The number of benzene rings is 2. The van der Waals surface area contributed by atoms with Gasteiger partial charge in [-0.1, -0.05) is 36.4 Å². The monoisotopic (exact) mass is 308 g/mol. The maximum Gasteiger partial charge on any atom is 0.235 e. The minimum atomic E-state index is -0.426. The Morgan fingerprint density at radius 1 is 1.19 bits per heavy atom. The number of carbonyl (C=O) groups is 1. The predicted molar refractivity (Wildman–Crippen MR) is 85.3 cm³/mol. The van der Waals surface area contributed by atoms with E-state index in [4.69, 9.17) is 5.73 Å². The summed E-state index contributed by atoms with van der Waals surface area (Å²) in [6.45, 7) is 0.211. The standard InChI is InChI=1S/C16H17FN2O.ClH/c1-19(14-9-5-8-13(17)10-14)16(20)15(11-18)12-6-3-2-4-7-12;/h2-10,15H,11,18H2,1H3;1H. The van der Waals surface area contributed by atoms with Crippen molar-refractivity contribution in [3.8, 4) is 0 Å². The van der Waals surface area contributed by atoms with Crippen molar-refractivity contribution >= 4 is 24.0 Å². The number of likely N-dealkylation sites (N-methyl/N-ethyl adjacent to an activating group) is 1. The van der Waals surface area contributed by atoms with Gasteiger partial charge in [-0.05, 0) is 23.8 Å². The van der Waals surface area contributed by atoms with E-state index < -0.39 is 5.92 Å². The Bertz CT molecular complexity index is 592. The highest BCUT2D eigenvalue weighted by Crippen LogP contribution is 2.21. The molecule has 1 unspecified atom stereocenters. The number of amides is 1. The number of halogens is 2. The predicted octanol–water partition coefficient (Wildman–Crippen LogP) is 2.95. The van der Waals surface area contributed by atoms with Crippen LogP contribution in [0.5, 0.6) is 0 Å². The topological polar surface area (TPSA) is 46.3 Å². The summed E-state index contributed by atoms with van der Waals surface area (Å²) >= 11 is 0. The van der Waals surface area contributed by atoms with Gasteiger partial charge in [0.1, 0.15) is 5.82 Å². The molecule has 0 aliphatic rings. The Kier molecular flexibility index (Phi) is 6.34. The molecule has 2 aromatic carbocycles. The van der Waals surface area contributed by atoms with Crippen LogP contribution in [0.3, 0.4) is 0 Å². The maximum absolute atomic E-state index is 13.2. The molecule has 2 rings (SSSR count). The zero-order chi connectivity index (χ0) is 14.5. The summed E-state index contributed by atoms with van der Waals surface area (Å²) in [5, 5.41) is 0. The molecular weight excluding hydrogens is 291 g/mol. The Morgan fingerprint density at radius 2 is 1.86 bits per heavy atom. The third-order valence-electron chi connectivity index (χ3n) is 3.26. The van der Waals surface area contributed by atoms with E-state index in [9.17, 15) is 9.18 Å². The smallest absolute Gasteiger partial charge is 0.235 e. The van der Waals surface area contributed by atoms with Crippen LogP contribution in [0.25, 0.3) is 0 Å². The van der Waals surface area contributed by atoms with Gasteiger partial charge in [0.05, 0.1) is 5.92 Å². The third kappa shape index (κ3) is 4.03. The van der Waals surface area contributed by atoms with Crippen LogP contribution in [0.4, 0.5) is 10.1 Å². The summed E-state index contributed by atoms with van der Waals surface area (Å²) < 4.78 is 13.2. The molecule has 2 aromatic rings. The molecule has 0 saturated heterocycles. The lowest BCUT2D eigenvalue weighted by molar-refractivity contribution is -0.119. The van der Waals surface area contributed by atoms with Crippen LogP contribution in [-0.4, -0.2) is 19.5 Å². The Labute approximate surface area is 130 Å². The molecule has 0 aliphatic carbocycles. The maximum atomic E-state index is 13.2. The van der Waals surface area contributed by atoms with Crippen molar-refractivity contribution < 1.29 is 9.18 Å². The average Bonchev–Trinajstić information content (AvgIpc) is 2.48. The average molecular weight is 309 g/mol. The normalized spacial score (nSPS) is 11.4. The molecule has 0 radical (unpaired) electrons. The molecule has 5 heteroatoms. The van der Waals surface area contributed by atoms with Gasteiger partial charge in [0.2, 0.25) is 5.91 Å². The Hall–Kier alpha value is -1.91. The first-order valence-corrected chi connectivity index (χ1v) is 6.41. The fourth-order valence-electron chi connectivity index (χ4n) is 2.11. The van der Waals surface area contributed by atoms with E-state index in [-0.39, 0.29) is 30.7 Å². The quantitative estimate of drug-likeness (QED) is 0.944. The number of hydrogen-bond donors (Lipinski definition) is 1. The van der Waals surface area contributed by atoms with Gasteiger partial charge in [-0.2, -0.15) is 0 Å². The van der Waals surface area contributed by atoms with Crippen molar-refractivity contribution in [1.82, 2.24) is 0 Å². The molecule has 0 heterocycles. The van der Waals surface area contributed by atoms with E-state index in [0.29, 0.717) is 5.69 Å². The molecule has 112 valence electrons. The van der Waals surface area contributed by atoms with Crippen LogP contribution in [-0.2, 0) is 4.79 Å². The van der Waals surface area contributed by atoms with Crippen molar-refractivity contribution in [3.63, 3.8) is 0 Å². The minimum absolute atomic E-state index is 0. The lowest BCUT2D eigenvalue weighted by Gasteiger charge is -2.23. The highest BCUT2D eigenvalue weighted by molar-refractivity contribution is 5.97. The van der Waals surface area contributed by atoms with Gasteiger partial charge in [0.25, 0.3) is 0 Å². The van der Waals surface area contributed by atoms with Crippen LogP contribution in [0.15, 0.2) is 54.6 Å². The van der Waals surface area contributed by atoms with Gasteiger partial charge in [-0.3, -0.25) is 4.79 Å². The molecule has 1 atom stereocenters. The van der Waals surface area contributed by atoms with E-state index in [0.717, 1.165) is 5.56 Å². The van der Waals surface area contributed by atoms with Crippen molar-refractivity contribution in [3.05, 3.63) is 66.0 Å². The summed E-state index contributed by atoms with van der Waals surface area (Å²) in [6, 6.07) is 15.3. The molecule has 0 aliphatic heterocycles. The lowest BCUT2D eigenvalue weighted by Crippen LogP contribution is -2.35. The van der Waals surface area contributed by atoms with Crippen molar-refractivity contribution in [1.29, 1.82) is 0 Å². The second-order valence-corrected chi connectivity index (χ2v) is 4.58. The SMILES string of the molecule is CN(C(=O)C(CN)c1ccccc1)c1cccc(F)c1.Cl. The van der Waals surface area contributed by atoms with Gasteiger partial charge in [-0.25, -0.2) is 4.39 Å². The van der Waals surface area contributed by atoms with Crippen molar-refractivity contribution in [2.75, 3.05) is 18.5 Å². The summed E-state index contributed by atoms with van der Waals surface area (Å²) in [6.07, 6.45) is 0. The highest BCUT2D eigenvalue weighted by atomic mass is 35.5. The number of rotatable bonds is 4. The van der Waals surface area contributed by atoms with Crippen LogP contribution >= 0.6 is 12.4 Å². The van der Waals surface area contributed by atoms with Gasteiger partial charge in [0.15, 0.2) is 0 Å². The zero-order valence-corrected chi connectivity index (χ0v) is 12.5. The molecule has 3 nitrogen and oxygen atoms in total. The van der Waals surface area contributed by atoms with Crippen LogP contribution in [0, 0.1) is 5.82 Å². The molecule has 0 bridgehead atoms. The second kappa shape index (κ2) is 7.76. The second-order valence-electron chi connectivity index (χ2n) is 4.58. The Balaban J connectivity index is 0.00000220. The molecule has 0 saturated carbocycles. The van der Waals surface area contributed by atoms with Crippen LogP contribution in [0.1, 0.15) is 11.5 Å². The zero-order valence-electron chi connectivity index (χ0n) is 11.7. The molecule has 21 heavy (non-hydrogen) atoms. The number of hydrogen-bond acceptors (Lipinski definition) is 2. The third-order valence-corrected chi connectivity index (χ3v) is 3.26. The largest absolute Gasteiger partial charge is 0.329 e. The van der Waals surface area contributed by atoms with E-state index in [1.165, 1.54) is 17.0 Å². The number of nitrogens with two attached hydrogens (primary N) is 1. The lowest BCUT2D eigenvalue weighted by atomic mass is 9.97. The van der Waals surface area contributed by atoms with Gasteiger partial charge in [0, 0.05) is 19.3 Å². The van der Waals surface area contributed by atoms with Gasteiger partial charge < -0.3 is 10.6 Å². The number of anilines is 1. The van der Waals surface area contributed by atoms with E-state index in [1.807, 2.05) is 30.3 Å². The number of carbonyl (C=O) groups excluding carboxylic acids is 1. The minimum Gasteiger partial charge on any atom is -0.329 e. The van der Waals surface area contributed by atoms with Crippen LogP contribution < -0.4 is 10.6 Å². The molecule has 0 spiro atoms. The molecule has 0 aromatic heterocycles. The first-order valence-electron chi connectivity index (χ1n) is 6.41. The van der Waals surface area contributed by atoms with E-state index in [1.54, 1.807) is 19.2 Å². The highest BCUT2D eigenvalue weighted by Gasteiger charge is 2.23. The fraction of sp³-hybridized carbons (Fsp3) is 0.188. The summed E-state index contributed by atoms with van der Waals surface area (Å²) in [4.78, 5) is 13.9. The summed E-state index contributed by atoms with van der Waals surface area (Å²) in [7, 11) is 1.63. The summed E-state index contributed by atoms with van der Waals surface area (Å²) in [5.74, 6) is -0.945. The first-order chi connectivity index (χ1) is 9.63. The van der Waals surface area contributed by atoms with Gasteiger partial charge in [-0.15, -0.1) is 12.4 Å². The molecule has 2 N–H and O–H groups in total. The van der Waals surface area contributed by atoms with E-state index in [2.05, 4.69) is 0 Å². The Morgan fingerprint density at radius 3 is 2.43 bits per heavy atom. The van der Waals surface area contributed by atoms with Crippen molar-refractivity contribution in [2.45, 2.75) is 5.92 Å². The van der Waals surface area contributed by atoms with Crippen LogP contribution in [0.2, 0.25) is 0 Å². The van der Waals surface area contributed by atoms with E-state index >= 15 is 0 Å². The first kappa shape index (κ1) is 17.1. The molecule has 0 fully saturated rings. The summed E-state index contributed by atoms with van der Waals surface area (Å²) in [5.41, 5.74) is 7.11. The molecular formula is C16H18ClFN2O.